The molecule has 1 aliphatic carbocycles. The number of hydrogen-bond acceptors (Lipinski definition) is 4. The van der Waals surface area contributed by atoms with Crippen LogP contribution in [0.3, 0.4) is 0 Å². The van der Waals surface area contributed by atoms with E-state index in [4.69, 9.17) is 0 Å². The zero-order valence-electron chi connectivity index (χ0n) is 17.3. The van der Waals surface area contributed by atoms with Gasteiger partial charge in [0.1, 0.15) is 0 Å². The van der Waals surface area contributed by atoms with Crippen LogP contribution < -0.4 is 5.32 Å². The summed E-state index contributed by atoms with van der Waals surface area (Å²) in [6, 6.07) is 14.7. The normalized spacial score (nSPS) is 15.4. The Morgan fingerprint density at radius 1 is 1.07 bits per heavy atom. The van der Waals surface area contributed by atoms with Crippen molar-refractivity contribution >= 4 is 28.6 Å². The van der Waals surface area contributed by atoms with Crippen LogP contribution in [-0.4, -0.2) is 25.7 Å². The van der Waals surface area contributed by atoms with Crippen molar-refractivity contribution in [1.82, 2.24) is 9.55 Å². The van der Waals surface area contributed by atoms with E-state index < -0.39 is 11.2 Å². The molecule has 6 heteroatoms. The van der Waals surface area contributed by atoms with E-state index in [2.05, 4.69) is 10.3 Å². The second kappa shape index (κ2) is 7.23. The van der Waals surface area contributed by atoms with E-state index >= 15 is 0 Å². The lowest BCUT2D eigenvalue weighted by Crippen LogP contribution is -2.29. The standard InChI is InChI=1S/C24H25N3O3/c1-23(2,29)17-12-13-19-20(14-17)27(18-10-7-11-18)22(25-19)26-21(28)15-24(3,30)16-8-5-4-6-9-16/h4-14,29-30H,15H2,1-3H3,(H,25,26,28)/t24-/m0/s1. The van der Waals surface area contributed by atoms with E-state index in [-0.39, 0.29) is 12.3 Å². The van der Waals surface area contributed by atoms with Crippen LogP contribution in [0.2, 0.25) is 0 Å². The van der Waals surface area contributed by atoms with Gasteiger partial charge in [0.25, 0.3) is 0 Å². The second-order valence-corrected chi connectivity index (χ2v) is 8.35. The first-order chi connectivity index (χ1) is 14.1. The minimum Gasteiger partial charge on any atom is -0.386 e. The lowest BCUT2D eigenvalue weighted by Gasteiger charge is -2.23. The lowest BCUT2D eigenvalue weighted by atomic mass is 9.92. The summed E-state index contributed by atoms with van der Waals surface area (Å²) in [7, 11) is 0. The molecule has 154 valence electrons. The number of nitrogens with one attached hydrogen (secondary N) is 1. The number of anilines is 1. The maximum Gasteiger partial charge on any atom is 0.229 e. The van der Waals surface area contributed by atoms with Gasteiger partial charge in [-0.05, 0) is 56.2 Å². The number of allylic oxidation sites excluding steroid dienone is 4. The predicted molar refractivity (Wildman–Crippen MR) is 118 cm³/mol. The molecule has 0 saturated carbocycles. The number of hydrogen-bond donors (Lipinski definition) is 3. The summed E-state index contributed by atoms with van der Waals surface area (Å²) in [5.74, 6) is 0.0365. The molecule has 1 atom stereocenters. The fraction of sp³-hybridized carbons (Fsp3) is 0.250. The fourth-order valence-electron chi connectivity index (χ4n) is 3.51. The van der Waals surface area contributed by atoms with Crippen LogP contribution in [0.25, 0.3) is 16.7 Å². The highest BCUT2D eigenvalue weighted by atomic mass is 16.3. The van der Waals surface area contributed by atoms with E-state index in [9.17, 15) is 15.0 Å². The van der Waals surface area contributed by atoms with Gasteiger partial charge in [-0.3, -0.25) is 14.7 Å². The quantitative estimate of drug-likeness (QED) is 0.582. The van der Waals surface area contributed by atoms with E-state index in [1.807, 2.05) is 59.2 Å². The summed E-state index contributed by atoms with van der Waals surface area (Å²) in [6.07, 6.45) is 5.65. The molecule has 0 unspecified atom stereocenters. The minimum absolute atomic E-state index is 0.107. The van der Waals surface area contributed by atoms with Crippen LogP contribution in [-0.2, 0) is 16.0 Å². The molecule has 4 rings (SSSR count). The summed E-state index contributed by atoms with van der Waals surface area (Å²) in [4.78, 5) is 17.4. The molecule has 3 aromatic rings. The average Bonchev–Trinajstić information content (AvgIpc) is 2.97. The molecule has 6 nitrogen and oxygen atoms in total. The molecule has 1 aliphatic rings. The molecule has 1 amide bonds. The molecule has 1 aromatic heterocycles. The number of nitrogens with zero attached hydrogens (tertiary/aromatic N) is 2. The summed E-state index contributed by atoms with van der Waals surface area (Å²) in [5, 5.41) is 24.0. The molecule has 0 fully saturated rings. The molecule has 1 heterocycles. The third-order valence-corrected chi connectivity index (χ3v) is 5.30. The van der Waals surface area contributed by atoms with Gasteiger partial charge in [0.05, 0.1) is 28.7 Å². The van der Waals surface area contributed by atoms with Crippen LogP contribution >= 0.6 is 0 Å². The number of aromatic nitrogens is 2. The van der Waals surface area contributed by atoms with Gasteiger partial charge in [-0.1, -0.05) is 42.5 Å². The monoisotopic (exact) mass is 403 g/mol. The Hall–Kier alpha value is -3.22. The second-order valence-electron chi connectivity index (χ2n) is 8.35. The number of rotatable bonds is 6. The Morgan fingerprint density at radius 2 is 1.77 bits per heavy atom. The van der Waals surface area contributed by atoms with Crippen molar-refractivity contribution in [3.63, 3.8) is 0 Å². The highest BCUT2D eigenvalue weighted by molar-refractivity contribution is 5.95. The highest BCUT2D eigenvalue weighted by Gasteiger charge is 2.28. The third kappa shape index (κ3) is 3.79. The third-order valence-electron chi connectivity index (χ3n) is 5.30. The van der Waals surface area contributed by atoms with Gasteiger partial charge in [0.15, 0.2) is 0 Å². The maximum atomic E-state index is 12.8. The highest BCUT2D eigenvalue weighted by Crippen LogP contribution is 2.32. The molecule has 3 N–H and O–H groups in total. The van der Waals surface area contributed by atoms with Crippen LogP contribution in [0.1, 0.15) is 38.3 Å². The zero-order valence-corrected chi connectivity index (χ0v) is 17.3. The summed E-state index contributed by atoms with van der Waals surface area (Å²) >= 11 is 0. The number of aliphatic hydroxyl groups is 2. The van der Waals surface area contributed by atoms with Gasteiger partial charge in [0, 0.05) is 5.70 Å². The number of amides is 1. The Balaban J connectivity index is 1.66. The molecule has 0 aliphatic heterocycles. The summed E-state index contributed by atoms with van der Waals surface area (Å²) < 4.78 is 1.85. The largest absolute Gasteiger partial charge is 0.386 e. The van der Waals surface area contributed by atoms with Crippen molar-refractivity contribution in [3.05, 3.63) is 77.9 Å². The molecule has 0 bridgehead atoms. The van der Waals surface area contributed by atoms with Gasteiger partial charge < -0.3 is 10.2 Å². The molecule has 0 spiro atoms. The first-order valence-electron chi connectivity index (χ1n) is 9.87. The molecule has 0 radical (unpaired) electrons. The Morgan fingerprint density at radius 3 is 2.37 bits per heavy atom. The summed E-state index contributed by atoms with van der Waals surface area (Å²) in [6.45, 7) is 5.08. The molecule has 2 aromatic carbocycles. The van der Waals surface area contributed by atoms with Crippen LogP contribution in [0, 0.1) is 0 Å². The minimum atomic E-state index is -1.30. The summed E-state index contributed by atoms with van der Waals surface area (Å²) in [5.41, 5.74) is 1.51. The average molecular weight is 403 g/mol. The van der Waals surface area contributed by atoms with Gasteiger partial charge in [-0.25, -0.2) is 4.98 Å². The van der Waals surface area contributed by atoms with Crippen molar-refractivity contribution in [2.45, 2.75) is 38.4 Å². The van der Waals surface area contributed by atoms with Gasteiger partial charge in [0.2, 0.25) is 11.9 Å². The number of carbonyl (C=O) groups excluding carboxylic acids is 1. The molecular weight excluding hydrogens is 378 g/mol. The van der Waals surface area contributed by atoms with E-state index in [0.29, 0.717) is 17.0 Å². The van der Waals surface area contributed by atoms with E-state index in [1.54, 1.807) is 32.9 Å². The molecule has 0 saturated heterocycles. The van der Waals surface area contributed by atoms with Crippen LogP contribution in [0.4, 0.5) is 5.95 Å². The van der Waals surface area contributed by atoms with Crippen LogP contribution in [0.15, 0.2) is 66.8 Å². The first-order valence-corrected chi connectivity index (χ1v) is 9.87. The van der Waals surface area contributed by atoms with Gasteiger partial charge >= 0.3 is 0 Å². The molecule has 30 heavy (non-hydrogen) atoms. The fourth-order valence-corrected chi connectivity index (χ4v) is 3.51. The van der Waals surface area contributed by atoms with Crippen molar-refractivity contribution < 1.29 is 15.0 Å². The smallest absolute Gasteiger partial charge is 0.229 e. The number of carbonyl (C=O) groups is 1. The van der Waals surface area contributed by atoms with Gasteiger partial charge in [-0.2, -0.15) is 0 Å². The van der Waals surface area contributed by atoms with Gasteiger partial charge in [-0.15, -0.1) is 0 Å². The Bertz CT molecular complexity index is 1170. The SMILES string of the molecule is CC(C)(O)c1ccc2nc(NC(=O)C[C@](C)(O)c3ccccc3)n(C3=CC=C3)c2c1. The van der Waals surface area contributed by atoms with Crippen molar-refractivity contribution in [2.24, 2.45) is 0 Å². The first kappa shape index (κ1) is 20.1. The lowest BCUT2D eigenvalue weighted by molar-refractivity contribution is -0.120. The topological polar surface area (TPSA) is 87.4 Å². The van der Waals surface area contributed by atoms with E-state index in [1.165, 1.54) is 0 Å². The number of benzene rings is 2. The van der Waals surface area contributed by atoms with E-state index in [0.717, 1.165) is 16.8 Å². The van der Waals surface area contributed by atoms with Crippen molar-refractivity contribution in [2.75, 3.05) is 5.32 Å². The Kier molecular flexibility index (Phi) is 4.84. The van der Waals surface area contributed by atoms with Crippen LogP contribution in [0.5, 0.6) is 0 Å². The van der Waals surface area contributed by atoms with Crippen molar-refractivity contribution in [1.29, 1.82) is 0 Å². The maximum absolute atomic E-state index is 12.8. The molecular formula is C24H25N3O3. The van der Waals surface area contributed by atoms with Crippen molar-refractivity contribution in [3.8, 4) is 0 Å². The predicted octanol–water partition coefficient (Wildman–Crippen LogP) is 3.91. The number of fused-ring (bicyclic) bond motifs is 1. The number of imidazole rings is 1. The zero-order chi connectivity index (χ0) is 21.5. The Labute approximate surface area is 175 Å².